The van der Waals surface area contributed by atoms with E-state index in [1.807, 2.05) is 13.0 Å². The fourth-order valence-electron chi connectivity index (χ4n) is 1.62. The van der Waals surface area contributed by atoms with E-state index in [2.05, 4.69) is 5.16 Å². The van der Waals surface area contributed by atoms with E-state index in [0.717, 1.165) is 23.3 Å². The number of oxime groups is 1. The maximum Gasteiger partial charge on any atom is 0.132 e. The molecule has 1 aromatic rings. The summed E-state index contributed by atoms with van der Waals surface area (Å²) in [5.74, 6) is 0.910. The lowest BCUT2D eigenvalue weighted by molar-refractivity contribution is 0.210. The molecule has 0 radical (unpaired) electrons. The second-order valence-electron chi connectivity index (χ2n) is 3.45. The van der Waals surface area contributed by atoms with E-state index < -0.39 is 0 Å². The zero-order valence-electron chi connectivity index (χ0n) is 8.78. The molecule has 1 aliphatic rings. The Morgan fingerprint density at radius 1 is 1.47 bits per heavy atom. The first kappa shape index (κ1) is 9.83. The molecule has 4 heteroatoms. The number of benzene rings is 1. The van der Waals surface area contributed by atoms with Gasteiger partial charge in [0.2, 0.25) is 0 Å². The summed E-state index contributed by atoms with van der Waals surface area (Å²) < 4.78 is 5.44. The molecule has 0 aliphatic carbocycles. The van der Waals surface area contributed by atoms with Crippen molar-refractivity contribution in [2.24, 2.45) is 5.16 Å². The largest absolute Gasteiger partial charge is 0.508 e. The summed E-state index contributed by atoms with van der Waals surface area (Å²) in [6, 6.07) is 3.48. The van der Waals surface area contributed by atoms with Crippen molar-refractivity contribution < 1.29 is 14.7 Å². The fourth-order valence-corrected chi connectivity index (χ4v) is 1.62. The van der Waals surface area contributed by atoms with Gasteiger partial charge < -0.3 is 14.7 Å². The molecule has 0 saturated heterocycles. The van der Waals surface area contributed by atoms with Gasteiger partial charge in [0.15, 0.2) is 0 Å². The molecule has 1 N–H and O–H groups in total. The summed E-state index contributed by atoms with van der Waals surface area (Å²) in [5.41, 5.74) is 2.57. The number of aromatic hydroxyl groups is 1. The first-order chi connectivity index (χ1) is 7.22. The van der Waals surface area contributed by atoms with Crippen LogP contribution in [-0.4, -0.2) is 24.5 Å². The molecule has 0 atom stereocenters. The number of nitrogens with zero attached hydrogens (tertiary/aromatic N) is 1. The van der Waals surface area contributed by atoms with Gasteiger partial charge in [-0.15, -0.1) is 0 Å². The van der Waals surface area contributed by atoms with Crippen LogP contribution in [0.2, 0.25) is 0 Å². The predicted molar refractivity (Wildman–Crippen MR) is 56.5 cm³/mol. The quantitative estimate of drug-likeness (QED) is 0.715. The van der Waals surface area contributed by atoms with Crippen LogP contribution in [0.1, 0.15) is 17.5 Å². The average Bonchev–Trinajstić information content (AvgIpc) is 2.21. The normalized spacial score (nSPS) is 17.1. The van der Waals surface area contributed by atoms with Gasteiger partial charge in [-0.3, -0.25) is 0 Å². The van der Waals surface area contributed by atoms with Crippen molar-refractivity contribution in [1.82, 2.24) is 0 Å². The molecule has 0 unspecified atom stereocenters. The molecule has 0 fully saturated rings. The van der Waals surface area contributed by atoms with Crippen LogP contribution in [0.3, 0.4) is 0 Å². The lowest BCUT2D eigenvalue weighted by atomic mass is 10.0. The number of hydrogen-bond acceptors (Lipinski definition) is 4. The molecule has 0 amide bonds. The third-order valence-corrected chi connectivity index (χ3v) is 2.41. The minimum absolute atomic E-state index is 0.243. The standard InChI is InChI=1S/C11H13NO3/c1-7-5-8-9(12-14-2)3-4-15-11(8)6-10(7)13/h5-6,13H,3-4H2,1-2H3. The van der Waals surface area contributed by atoms with Gasteiger partial charge in [0.1, 0.15) is 18.6 Å². The molecule has 0 spiro atoms. The molecule has 4 nitrogen and oxygen atoms in total. The molecule has 0 aromatic heterocycles. The van der Waals surface area contributed by atoms with Crippen LogP contribution >= 0.6 is 0 Å². The van der Waals surface area contributed by atoms with Crippen molar-refractivity contribution in [2.45, 2.75) is 13.3 Å². The van der Waals surface area contributed by atoms with E-state index in [1.165, 1.54) is 7.11 Å². The van der Waals surface area contributed by atoms with Crippen molar-refractivity contribution in [2.75, 3.05) is 13.7 Å². The number of phenolic OH excluding ortho intramolecular Hbond substituents is 1. The van der Waals surface area contributed by atoms with Crippen LogP contribution in [0.15, 0.2) is 17.3 Å². The first-order valence-electron chi connectivity index (χ1n) is 4.79. The van der Waals surface area contributed by atoms with E-state index in [9.17, 15) is 5.11 Å². The Kier molecular flexibility index (Phi) is 2.49. The smallest absolute Gasteiger partial charge is 0.132 e. The molecular formula is C11H13NO3. The third kappa shape index (κ3) is 1.75. The monoisotopic (exact) mass is 207 g/mol. The Bertz CT molecular complexity index is 413. The highest BCUT2D eigenvalue weighted by molar-refractivity contribution is 6.03. The van der Waals surface area contributed by atoms with Crippen molar-refractivity contribution in [1.29, 1.82) is 0 Å². The van der Waals surface area contributed by atoms with Gasteiger partial charge in [0, 0.05) is 18.1 Å². The summed E-state index contributed by atoms with van der Waals surface area (Å²) in [4.78, 5) is 4.78. The summed E-state index contributed by atoms with van der Waals surface area (Å²) in [7, 11) is 1.52. The topological polar surface area (TPSA) is 51.0 Å². The minimum Gasteiger partial charge on any atom is -0.508 e. The number of ether oxygens (including phenoxy) is 1. The summed E-state index contributed by atoms with van der Waals surface area (Å²) in [6.07, 6.45) is 0.727. The van der Waals surface area contributed by atoms with Crippen LogP contribution in [0.4, 0.5) is 0 Å². The number of hydrogen-bond donors (Lipinski definition) is 1. The fraction of sp³-hybridized carbons (Fsp3) is 0.364. The Morgan fingerprint density at radius 2 is 2.27 bits per heavy atom. The molecule has 1 heterocycles. The van der Waals surface area contributed by atoms with E-state index in [-0.39, 0.29) is 5.75 Å². The summed E-state index contributed by atoms with van der Waals surface area (Å²) >= 11 is 0. The first-order valence-corrected chi connectivity index (χ1v) is 4.79. The lowest BCUT2D eigenvalue weighted by Crippen LogP contribution is -2.16. The molecular weight excluding hydrogens is 194 g/mol. The van der Waals surface area contributed by atoms with Crippen LogP contribution < -0.4 is 4.74 Å². The zero-order valence-corrected chi connectivity index (χ0v) is 8.78. The molecule has 2 rings (SSSR count). The van der Waals surface area contributed by atoms with Crippen LogP contribution in [-0.2, 0) is 4.84 Å². The van der Waals surface area contributed by atoms with Crippen molar-refractivity contribution >= 4 is 5.71 Å². The van der Waals surface area contributed by atoms with Crippen LogP contribution in [0, 0.1) is 6.92 Å². The maximum atomic E-state index is 9.54. The molecule has 1 aliphatic heterocycles. The number of rotatable bonds is 1. The minimum atomic E-state index is 0.243. The van der Waals surface area contributed by atoms with Gasteiger partial charge >= 0.3 is 0 Å². The highest BCUT2D eigenvalue weighted by Gasteiger charge is 2.19. The number of fused-ring (bicyclic) bond motifs is 1. The van der Waals surface area contributed by atoms with Crippen molar-refractivity contribution in [3.8, 4) is 11.5 Å². The molecule has 15 heavy (non-hydrogen) atoms. The van der Waals surface area contributed by atoms with Gasteiger partial charge in [-0.2, -0.15) is 0 Å². The van der Waals surface area contributed by atoms with Crippen LogP contribution in [0.5, 0.6) is 11.5 Å². The Labute approximate surface area is 88.1 Å². The van der Waals surface area contributed by atoms with E-state index in [0.29, 0.717) is 12.4 Å². The van der Waals surface area contributed by atoms with Crippen LogP contribution in [0.25, 0.3) is 0 Å². The second kappa shape index (κ2) is 3.81. The van der Waals surface area contributed by atoms with E-state index in [1.54, 1.807) is 6.07 Å². The Morgan fingerprint density at radius 3 is 3.00 bits per heavy atom. The number of aryl methyl sites for hydroxylation is 1. The van der Waals surface area contributed by atoms with Gasteiger partial charge in [-0.25, -0.2) is 0 Å². The zero-order chi connectivity index (χ0) is 10.8. The predicted octanol–water partition coefficient (Wildman–Crippen LogP) is 1.83. The summed E-state index contributed by atoms with van der Waals surface area (Å²) in [5, 5.41) is 13.5. The molecule has 0 bridgehead atoms. The van der Waals surface area contributed by atoms with Gasteiger partial charge in [0.25, 0.3) is 0 Å². The SMILES string of the molecule is CON=C1CCOc2cc(O)c(C)cc21. The average molecular weight is 207 g/mol. The Balaban J connectivity index is 2.52. The van der Waals surface area contributed by atoms with E-state index in [4.69, 9.17) is 9.57 Å². The highest BCUT2D eigenvalue weighted by atomic mass is 16.6. The number of phenols is 1. The third-order valence-electron chi connectivity index (χ3n) is 2.41. The summed E-state index contributed by atoms with van der Waals surface area (Å²) in [6.45, 7) is 2.41. The van der Waals surface area contributed by atoms with Crippen molar-refractivity contribution in [3.05, 3.63) is 23.3 Å². The molecule has 1 aromatic carbocycles. The van der Waals surface area contributed by atoms with Crippen molar-refractivity contribution in [3.63, 3.8) is 0 Å². The lowest BCUT2D eigenvalue weighted by Gasteiger charge is -2.19. The maximum absolute atomic E-state index is 9.54. The second-order valence-corrected chi connectivity index (χ2v) is 3.45. The van der Waals surface area contributed by atoms with Gasteiger partial charge in [-0.1, -0.05) is 5.16 Å². The highest BCUT2D eigenvalue weighted by Crippen LogP contribution is 2.31. The van der Waals surface area contributed by atoms with Gasteiger partial charge in [0.05, 0.1) is 12.3 Å². The van der Waals surface area contributed by atoms with E-state index >= 15 is 0 Å². The molecule has 0 saturated carbocycles. The van der Waals surface area contributed by atoms with Gasteiger partial charge in [-0.05, 0) is 18.6 Å². The molecule has 80 valence electrons. The Hall–Kier alpha value is -1.71.